The van der Waals surface area contributed by atoms with E-state index in [1.807, 2.05) is 0 Å². The summed E-state index contributed by atoms with van der Waals surface area (Å²) in [7, 11) is 0. The molecule has 0 aliphatic rings. The fraction of sp³-hybridized carbons (Fsp3) is 0.438. The van der Waals surface area contributed by atoms with Gasteiger partial charge in [0.15, 0.2) is 0 Å². The van der Waals surface area contributed by atoms with Crippen LogP contribution in [0.1, 0.15) is 44.6 Å². The van der Waals surface area contributed by atoms with Gasteiger partial charge in [-0.1, -0.05) is 31.6 Å². The lowest BCUT2D eigenvalue weighted by atomic mass is 10.1. The monoisotopic (exact) mass is 277 g/mol. The molecule has 2 N–H and O–H groups in total. The largest absolute Gasteiger partial charge is 0.395 e. The Labute approximate surface area is 119 Å². The second-order valence-corrected chi connectivity index (χ2v) is 4.48. The minimum atomic E-state index is -0.496. The second-order valence-electron chi connectivity index (χ2n) is 4.48. The van der Waals surface area contributed by atoms with Crippen LogP contribution >= 0.6 is 0 Å². The molecule has 1 rings (SSSR count). The van der Waals surface area contributed by atoms with Gasteiger partial charge in [0.25, 0.3) is 0 Å². The number of rotatable bonds is 6. The highest BCUT2D eigenvalue weighted by Crippen LogP contribution is 2.16. The van der Waals surface area contributed by atoms with Gasteiger partial charge < -0.3 is 10.4 Å². The highest BCUT2D eigenvalue weighted by atomic mass is 19.1. The maximum absolute atomic E-state index is 13.8. The van der Waals surface area contributed by atoms with Crippen molar-refractivity contribution in [3.8, 4) is 11.8 Å². The van der Waals surface area contributed by atoms with E-state index in [4.69, 9.17) is 5.11 Å². The standard InChI is InChI=1S/C16H20FNO2/c1-2-3-4-8-16(20)18-15-10-9-13(12-14(15)17)7-5-6-11-19/h9-10,12,19H,2-4,6,8,11H2,1H3,(H,18,20). The Hall–Kier alpha value is -1.86. The number of hydrogen-bond donors (Lipinski definition) is 2. The van der Waals surface area contributed by atoms with Crippen LogP contribution in [-0.2, 0) is 4.79 Å². The van der Waals surface area contributed by atoms with Crippen LogP contribution in [0.3, 0.4) is 0 Å². The Morgan fingerprint density at radius 2 is 2.20 bits per heavy atom. The number of benzene rings is 1. The van der Waals surface area contributed by atoms with Gasteiger partial charge in [0.2, 0.25) is 5.91 Å². The smallest absolute Gasteiger partial charge is 0.224 e. The predicted molar refractivity (Wildman–Crippen MR) is 77.8 cm³/mol. The zero-order chi connectivity index (χ0) is 14.8. The summed E-state index contributed by atoms with van der Waals surface area (Å²) in [6, 6.07) is 4.44. The van der Waals surface area contributed by atoms with Gasteiger partial charge in [-0.2, -0.15) is 0 Å². The molecule has 3 nitrogen and oxygen atoms in total. The summed E-state index contributed by atoms with van der Waals surface area (Å²) in [6.07, 6.45) is 3.62. The number of nitrogens with one attached hydrogen (secondary N) is 1. The van der Waals surface area contributed by atoms with Crippen molar-refractivity contribution in [1.29, 1.82) is 0 Å². The molecule has 20 heavy (non-hydrogen) atoms. The number of aliphatic hydroxyl groups is 1. The highest BCUT2D eigenvalue weighted by molar-refractivity contribution is 5.90. The van der Waals surface area contributed by atoms with E-state index in [1.165, 1.54) is 12.1 Å². The zero-order valence-electron chi connectivity index (χ0n) is 11.7. The lowest BCUT2D eigenvalue weighted by Gasteiger charge is -2.06. The molecule has 0 spiro atoms. The van der Waals surface area contributed by atoms with Gasteiger partial charge in [0.05, 0.1) is 12.3 Å². The molecule has 0 saturated carbocycles. The Kier molecular flexibility index (Phi) is 7.38. The van der Waals surface area contributed by atoms with Gasteiger partial charge in [-0.3, -0.25) is 4.79 Å². The molecular weight excluding hydrogens is 257 g/mol. The third kappa shape index (κ3) is 5.85. The summed E-state index contributed by atoms with van der Waals surface area (Å²) in [5, 5.41) is 11.2. The molecule has 0 saturated heterocycles. The van der Waals surface area contributed by atoms with E-state index in [9.17, 15) is 9.18 Å². The van der Waals surface area contributed by atoms with Crippen molar-refractivity contribution < 1.29 is 14.3 Å². The van der Waals surface area contributed by atoms with Gasteiger partial charge in [-0.05, 0) is 24.6 Å². The Balaban J connectivity index is 2.60. The molecule has 4 heteroatoms. The fourth-order valence-electron chi connectivity index (χ4n) is 1.66. The van der Waals surface area contributed by atoms with Crippen molar-refractivity contribution in [1.82, 2.24) is 0 Å². The topological polar surface area (TPSA) is 49.3 Å². The van der Waals surface area contributed by atoms with Crippen molar-refractivity contribution in [2.75, 3.05) is 11.9 Å². The maximum Gasteiger partial charge on any atom is 0.224 e. The molecule has 108 valence electrons. The third-order valence-corrected chi connectivity index (χ3v) is 2.72. The number of halogens is 1. The van der Waals surface area contributed by atoms with Crippen LogP contribution in [0.25, 0.3) is 0 Å². The van der Waals surface area contributed by atoms with E-state index >= 15 is 0 Å². The summed E-state index contributed by atoms with van der Waals surface area (Å²) >= 11 is 0. The SMILES string of the molecule is CCCCCC(=O)Nc1ccc(C#CCCO)cc1F. The molecule has 1 aromatic carbocycles. The second kappa shape index (κ2) is 9.11. The number of unbranched alkanes of at least 4 members (excludes halogenated alkanes) is 2. The normalized spacial score (nSPS) is 9.75. The van der Waals surface area contributed by atoms with Crippen LogP contribution < -0.4 is 5.32 Å². The molecule has 0 radical (unpaired) electrons. The number of carbonyl (C=O) groups excluding carboxylic acids is 1. The van der Waals surface area contributed by atoms with Gasteiger partial charge in [-0.25, -0.2) is 4.39 Å². The molecule has 0 aliphatic carbocycles. The number of aliphatic hydroxyl groups excluding tert-OH is 1. The summed E-state index contributed by atoms with van der Waals surface area (Å²) in [5.41, 5.74) is 0.708. The molecule has 0 aliphatic heterocycles. The van der Waals surface area contributed by atoms with Gasteiger partial charge in [0.1, 0.15) is 5.82 Å². The highest BCUT2D eigenvalue weighted by Gasteiger charge is 2.07. The average molecular weight is 277 g/mol. The van der Waals surface area contributed by atoms with Crippen molar-refractivity contribution in [3.63, 3.8) is 0 Å². The lowest BCUT2D eigenvalue weighted by molar-refractivity contribution is -0.116. The van der Waals surface area contributed by atoms with Crippen molar-refractivity contribution >= 4 is 11.6 Å². The van der Waals surface area contributed by atoms with Gasteiger partial charge in [-0.15, -0.1) is 0 Å². The van der Waals surface area contributed by atoms with E-state index in [0.717, 1.165) is 19.3 Å². The first-order chi connectivity index (χ1) is 9.67. The zero-order valence-corrected chi connectivity index (χ0v) is 11.7. The molecule has 0 atom stereocenters. The first-order valence-electron chi connectivity index (χ1n) is 6.86. The van der Waals surface area contributed by atoms with E-state index in [0.29, 0.717) is 18.4 Å². The molecule has 1 amide bonds. The number of hydrogen-bond acceptors (Lipinski definition) is 2. The molecule has 0 unspecified atom stereocenters. The van der Waals surface area contributed by atoms with E-state index in [-0.39, 0.29) is 18.2 Å². The Morgan fingerprint density at radius 3 is 2.85 bits per heavy atom. The van der Waals surface area contributed by atoms with Crippen molar-refractivity contribution in [2.45, 2.75) is 39.0 Å². The van der Waals surface area contributed by atoms with E-state index in [2.05, 4.69) is 24.1 Å². The van der Waals surface area contributed by atoms with Crippen LogP contribution in [0.4, 0.5) is 10.1 Å². The van der Waals surface area contributed by atoms with Gasteiger partial charge in [0, 0.05) is 18.4 Å². The number of anilines is 1. The van der Waals surface area contributed by atoms with E-state index in [1.54, 1.807) is 6.07 Å². The quantitative estimate of drug-likeness (QED) is 0.620. The predicted octanol–water partition coefficient (Wildman–Crippen LogP) is 3.08. The van der Waals surface area contributed by atoms with Crippen LogP contribution in [-0.4, -0.2) is 17.6 Å². The van der Waals surface area contributed by atoms with Crippen LogP contribution in [0.2, 0.25) is 0 Å². The molecule has 1 aromatic rings. The van der Waals surface area contributed by atoms with Crippen LogP contribution in [0, 0.1) is 17.7 Å². The molecule has 0 fully saturated rings. The summed E-state index contributed by atoms with van der Waals surface area (Å²) in [5.74, 6) is 4.80. The molecule has 0 bridgehead atoms. The summed E-state index contributed by atoms with van der Waals surface area (Å²) in [6.45, 7) is 2.05. The Morgan fingerprint density at radius 1 is 1.40 bits per heavy atom. The number of amides is 1. The third-order valence-electron chi connectivity index (χ3n) is 2.72. The number of carbonyl (C=O) groups is 1. The van der Waals surface area contributed by atoms with Crippen LogP contribution in [0.15, 0.2) is 18.2 Å². The van der Waals surface area contributed by atoms with Crippen molar-refractivity contribution in [2.24, 2.45) is 0 Å². The Bertz CT molecular complexity index is 503. The molecule has 0 heterocycles. The van der Waals surface area contributed by atoms with Crippen LogP contribution in [0.5, 0.6) is 0 Å². The van der Waals surface area contributed by atoms with Crippen molar-refractivity contribution in [3.05, 3.63) is 29.6 Å². The maximum atomic E-state index is 13.8. The first-order valence-corrected chi connectivity index (χ1v) is 6.86. The fourth-order valence-corrected chi connectivity index (χ4v) is 1.66. The van der Waals surface area contributed by atoms with E-state index < -0.39 is 5.82 Å². The first kappa shape index (κ1) is 16.2. The summed E-state index contributed by atoms with van der Waals surface area (Å²) < 4.78 is 13.8. The average Bonchev–Trinajstić information content (AvgIpc) is 2.42. The van der Waals surface area contributed by atoms with Gasteiger partial charge >= 0.3 is 0 Å². The molecule has 0 aromatic heterocycles. The summed E-state index contributed by atoms with van der Waals surface area (Å²) in [4.78, 5) is 11.6. The molecular formula is C16H20FNO2. The lowest BCUT2D eigenvalue weighted by Crippen LogP contribution is -2.12. The minimum absolute atomic E-state index is 0.0125. The minimum Gasteiger partial charge on any atom is -0.395 e.